The van der Waals surface area contributed by atoms with E-state index in [9.17, 15) is 4.79 Å². The monoisotopic (exact) mass is 345 g/mol. The van der Waals surface area contributed by atoms with E-state index in [0.29, 0.717) is 5.56 Å². The number of anilines is 1. The predicted molar refractivity (Wildman–Crippen MR) is 91.9 cm³/mol. The van der Waals surface area contributed by atoms with Gasteiger partial charge in [-0.05, 0) is 65.5 Å². The smallest absolute Gasteiger partial charge is 0.255 e. The second kappa shape index (κ2) is 7.41. The van der Waals surface area contributed by atoms with E-state index in [0.717, 1.165) is 22.1 Å². The van der Waals surface area contributed by atoms with Gasteiger partial charge in [-0.15, -0.1) is 0 Å². The van der Waals surface area contributed by atoms with Crippen molar-refractivity contribution in [2.45, 2.75) is 33.1 Å². The Bertz CT molecular complexity index is 637. The number of aryl methyl sites for hydroxylation is 2. The maximum Gasteiger partial charge on any atom is 0.255 e. The molecule has 1 N–H and O–H groups in total. The summed E-state index contributed by atoms with van der Waals surface area (Å²) in [4.78, 5) is 12.2. The molecule has 0 unspecified atom stereocenters. The van der Waals surface area contributed by atoms with Crippen LogP contribution in [0.3, 0.4) is 0 Å². The van der Waals surface area contributed by atoms with Gasteiger partial charge < -0.3 is 5.32 Å². The number of nitrogens with one attached hydrogen (secondary N) is 1. The zero-order chi connectivity index (χ0) is 15.2. The normalized spacial score (nSPS) is 10.4. The van der Waals surface area contributed by atoms with E-state index in [1.54, 1.807) is 0 Å². The number of rotatable bonds is 5. The number of carbonyl (C=O) groups excluding carboxylic acids is 1. The van der Waals surface area contributed by atoms with E-state index < -0.39 is 0 Å². The average molecular weight is 346 g/mol. The minimum atomic E-state index is -0.0827. The number of carbonyl (C=O) groups is 1. The van der Waals surface area contributed by atoms with Crippen LogP contribution in [0.1, 0.15) is 41.3 Å². The van der Waals surface area contributed by atoms with Crippen molar-refractivity contribution in [1.29, 1.82) is 0 Å². The lowest BCUT2D eigenvalue weighted by atomic mass is 10.1. The summed E-state index contributed by atoms with van der Waals surface area (Å²) in [6.45, 7) is 4.17. The molecule has 0 aromatic heterocycles. The minimum Gasteiger partial charge on any atom is -0.321 e. The molecule has 2 aromatic rings. The van der Waals surface area contributed by atoms with Gasteiger partial charge in [0, 0.05) is 10.0 Å². The summed E-state index contributed by atoms with van der Waals surface area (Å²) < 4.78 is 0.928. The first-order valence-electron chi connectivity index (χ1n) is 7.26. The van der Waals surface area contributed by atoms with Crippen LogP contribution in [0.15, 0.2) is 46.9 Å². The van der Waals surface area contributed by atoms with Gasteiger partial charge in [-0.2, -0.15) is 0 Å². The zero-order valence-corrected chi connectivity index (χ0v) is 14.0. The van der Waals surface area contributed by atoms with Gasteiger partial charge >= 0.3 is 0 Å². The highest BCUT2D eigenvalue weighted by atomic mass is 79.9. The van der Waals surface area contributed by atoms with Crippen LogP contribution in [0, 0.1) is 6.92 Å². The Morgan fingerprint density at radius 1 is 1.19 bits per heavy atom. The van der Waals surface area contributed by atoms with Gasteiger partial charge in [0.25, 0.3) is 5.91 Å². The number of unbranched alkanes of at least 4 members (excludes halogenated alkanes) is 1. The summed E-state index contributed by atoms with van der Waals surface area (Å²) in [7, 11) is 0. The van der Waals surface area contributed by atoms with E-state index in [2.05, 4.69) is 40.3 Å². The van der Waals surface area contributed by atoms with Crippen molar-refractivity contribution in [3.8, 4) is 0 Å². The molecule has 1 amide bonds. The largest absolute Gasteiger partial charge is 0.321 e. The Balaban J connectivity index is 2.10. The fourth-order valence-electron chi connectivity index (χ4n) is 2.18. The molecule has 0 spiro atoms. The van der Waals surface area contributed by atoms with Gasteiger partial charge in [0.2, 0.25) is 0 Å². The summed E-state index contributed by atoms with van der Waals surface area (Å²) in [6.07, 6.45) is 3.44. The summed E-state index contributed by atoms with van der Waals surface area (Å²) in [5.41, 5.74) is 3.85. The average Bonchev–Trinajstić information content (AvgIpc) is 2.47. The number of halogens is 1. The molecule has 0 saturated heterocycles. The molecule has 2 rings (SSSR count). The van der Waals surface area contributed by atoms with Crippen LogP contribution in [0.4, 0.5) is 5.69 Å². The van der Waals surface area contributed by atoms with Crippen molar-refractivity contribution in [3.05, 3.63) is 63.6 Å². The van der Waals surface area contributed by atoms with Crippen LogP contribution in [0.25, 0.3) is 0 Å². The molecule has 0 aliphatic carbocycles. The Morgan fingerprint density at radius 3 is 2.67 bits per heavy atom. The second-order valence-electron chi connectivity index (χ2n) is 5.24. The SMILES string of the molecule is CCCCc1ccc(NC(=O)c2cccc(C)c2)c(Br)c1. The van der Waals surface area contributed by atoms with Crippen molar-refractivity contribution >= 4 is 27.5 Å². The molecule has 0 radical (unpaired) electrons. The first-order valence-corrected chi connectivity index (χ1v) is 8.06. The molecular weight excluding hydrogens is 326 g/mol. The van der Waals surface area contributed by atoms with Crippen LogP contribution >= 0.6 is 15.9 Å². The van der Waals surface area contributed by atoms with Crippen molar-refractivity contribution < 1.29 is 4.79 Å². The molecule has 0 heterocycles. The maximum absolute atomic E-state index is 12.2. The number of benzene rings is 2. The zero-order valence-electron chi connectivity index (χ0n) is 12.4. The molecule has 2 nitrogen and oxygen atoms in total. The van der Waals surface area contributed by atoms with E-state index in [1.807, 2.05) is 37.3 Å². The van der Waals surface area contributed by atoms with E-state index in [1.165, 1.54) is 18.4 Å². The molecule has 0 atom stereocenters. The highest BCUT2D eigenvalue weighted by molar-refractivity contribution is 9.10. The Kier molecular flexibility index (Phi) is 5.57. The third-order valence-electron chi connectivity index (χ3n) is 3.38. The van der Waals surface area contributed by atoms with E-state index in [-0.39, 0.29) is 5.91 Å². The van der Waals surface area contributed by atoms with Gasteiger partial charge in [-0.1, -0.05) is 37.1 Å². The number of amides is 1. The molecule has 0 bridgehead atoms. The molecule has 0 saturated carbocycles. The van der Waals surface area contributed by atoms with Crippen LogP contribution in [-0.2, 0) is 6.42 Å². The fourth-order valence-corrected chi connectivity index (χ4v) is 2.70. The highest BCUT2D eigenvalue weighted by Gasteiger charge is 2.08. The van der Waals surface area contributed by atoms with Crippen molar-refractivity contribution in [1.82, 2.24) is 0 Å². The molecular formula is C18H20BrNO. The molecule has 3 heteroatoms. The lowest BCUT2D eigenvalue weighted by Gasteiger charge is -2.10. The maximum atomic E-state index is 12.2. The molecule has 110 valence electrons. The standard InChI is InChI=1S/C18H20BrNO/c1-3-4-7-14-9-10-17(16(19)12-14)20-18(21)15-8-5-6-13(2)11-15/h5-6,8-12H,3-4,7H2,1-2H3,(H,20,21). The predicted octanol–water partition coefficient (Wildman–Crippen LogP) is 5.35. The quantitative estimate of drug-likeness (QED) is 0.777. The minimum absolute atomic E-state index is 0.0827. The third-order valence-corrected chi connectivity index (χ3v) is 4.04. The molecule has 21 heavy (non-hydrogen) atoms. The number of hydrogen-bond donors (Lipinski definition) is 1. The number of hydrogen-bond acceptors (Lipinski definition) is 1. The van der Waals surface area contributed by atoms with Gasteiger partial charge in [0.05, 0.1) is 5.69 Å². The van der Waals surface area contributed by atoms with Crippen molar-refractivity contribution in [3.63, 3.8) is 0 Å². The Hall–Kier alpha value is -1.61. The first kappa shape index (κ1) is 15.8. The first-order chi connectivity index (χ1) is 10.1. The molecule has 2 aromatic carbocycles. The summed E-state index contributed by atoms with van der Waals surface area (Å²) in [6, 6.07) is 13.7. The molecule has 0 fully saturated rings. The van der Waals surface area contributed by atoms with Crippen LogP contribution < -0.4 is 5.32 Å². The van der Waals surface area contributed by atoms with E-state index in [4.69, 9.17) is 0 Å². The summed E-state index contributed by atoms with van der Waals surface area (Å²) in [5.74, 6) is -0.0827. The van der Waals surface area contributed by atoms with Crippen LogP contribution in [0.5, 0.6) is 0 Å². The van der Waals surface area contributed by atoms with E-state index >= 15 is 0 Å². The summed E-state index contributed by atoms with van der Waals surface area (Å²) >= 11 is 3.54. The lowest BCUT2D eigenvalue weighted by Crippen LogP contribution is -2.12. The molecule has 0 aliphatic rings. The van der Waals surface area contributed by atoms with Crippen LogP contribution in [-0.4, -0.2) is 5.91 Å². The van der Waals surface area contributed by atoms with Crippen molar-refractivity contribution in [2.24, 2.45) is 0 Å². The Morgan fingerprint density at radius 2 is 2.00 bits per heavy atom. The van der Waals surface area contributed by atoms with Crippen LogP contribution in [0.2, 0.25) is 0 Å². The topological polar surface area (TPSA) is 29.1 Å². The fraction of sp³-hybridized carbons (Fsp3) is 0.278. The van der Waals surface area contributed by atoms with Gasteiger partial charge in [0.1, 0.15) is 0 Å². The van der Waals surface area contributed by atoms with Gasteiger partial charge in [0.15, 0.2) is 0 Å². The second-order valence-corrected chi connectivity index (χ2v) is 6.10. The van der Waals surface area contributed by atoms with Gasteiger partial charge in [-0.25, -0.2) is 0 Å². The van der Waals surface area contributed by atoms with Gasteiger partial charge in [-0.3, -0.25) is 4.79 Å². The Labute approximate surface area is 134 Å². The lowest BCUT2D eigenvalue weighted by molar-refractivity contribution is 0.102. The third kappa shape index (κ3) is 4.43. The highest BCUT2D eigenvalue weighted by Crippen LogP contribution is 2.25. The van der Waals surface area contributed by atoms with Crippen molar-refractivity contribution in [2.75, 3.05) is 5.32 Å². The summed E-state index contributed by atoms with van der Waals surface area (Å²) in [5, 5.41) is 2.95. The molecule has 0 aliphatic heterocycles.